The summed E-state index contributed by atoms with van der Waals surface area (Å²) in [6.45, 7) is 1.60. The molecular formula is C20H18N2O6S. The van der Waals surface area contributed by atoms with Crippen molar-refractivity contribution in [3.8, 4) is 5.69 Å². The van der Waals surface area contributed by atoms with E-state index in [0.29, 0.717) is 5.69 Å². The summed E-state index contributed by atoms with van der Waals surface area (Å²) < 4.78 is 37.6. The van der Waals surface area contributed by atoms with Crippen molar-refractivity contribution in [2.75, 3.05) is 13.7 Å². The lowest BCUT2D eigenvalue weighted by Crippen LogP contribution is -2.17. The molecule has 0 amide bonds. The number of nitrogens with zero attached hydrogens (tertiary/aromatic N) is 2. The van der Waals surface area contributed by atoms with Crippen molar-refractivity contribution in [1.29, 1.82) is 0 Å². The monoisotopic (exact) mass is 414 g/mol. The van der Waals surface area contributed by atoms with Crippen LogP contribution in [0.4, 0.5) is 0 Å². The standard InChI is InChI=1S/C20H18N2O6S/c1-3-28-20(24)17-18(29(25,26)15-12-8-5-9-13-15)16(19(23)27-2)21-22(17)14-10-6-4-7-11-14/h4-13H,3H2,1-2H3. The minimum absolute atomic E-state index is 0.0111. The number of sulfone groups is 1. The zero-order valence-electron chi connectivity index (χ0n) is 15.7. The molecule has 0 aliphatic heterocycles. The van der Waals surface area contributed by atoms with Crippen LogP contribution < -0.4 is 0 Å². The number of hydrogen-bond donors (Lipinski definition) is 0. The summed E-state index contributed by atoms with van der Waals surface area (Å²) >= 11 is 0. The summed E-state index contributed by atoms with van der Waals surface area (Å²) in [6, 6.07) is 15.8. The average Bonchev–Trinajstić information content (AvgIpc) is 3.16. The highest BCUT2D eigenvalue weighted by molar-refractivity contribution is 7.91. The summed E-state index contributed by atoms with van der Waals surface area (Å²) in [6.07, 6.45) is 0. The molecule has 2 aromatic carbocycles. The minimum atomic E-state index is -4.29. The topological polar surface area (TPSA) is 105 Å². The van der Waals surface area contributed by atoms with E-state index in [2.05, 4.69) is 5.10 Å². The first-order valence-electron chi connectivity index (χ1n) is 8.65. The second-order valence-electron chi connectivity index (χ2n) is 5.80. The van der Waals surface area contributed by atoms with Crippen molar-refractivity contribution in [2.24, 2.45) is 0 Å². The summed E-state index contributed by atoms with van der Waals surface area (Å²) in [5, 5.41) is 4.11. The highest BCUT2D eigenvalue weighted by atomic mass is 32.2. The zero-order valence-corrected chi connectivity index (χ0v) is 16.5. The number of esters is 2. The van der Waals surface area contributed by atoms with E-state index in [-0.39, 0.29) is 17.2 Å². The Morgan fingerprint density at radius 3 is 2.10 bits per heavy atom. The van der Waals surface area contributed by atoms with Gasteiger partial charge >= 0.3 is 11.9 Å². The Hall–Kier alpha value is -3.46. The molecule has 0 atom stereocenters. The Morgan fingerprint density at radius 2 is 1.55 bits per heavy atom. The number of ether oxygens (including phenoxy) is 2. The normalized spacial score (nSPS) is 11.1. The quantitative estimate of drug-likeness (QED) is 0.571. The number of rotatable bonds is 6. The second-order valence-corrected chi connectivity index (χ2v) is 7.69. The first-order valence-corrected chi connectivity index (χ1v) is 10.1. The molecule has 0 aliphatic carbocycles. The highest BCUT2D eigenvalue weighted by Crippen LogP contribution is 2.30. The fourth-order valence-electron chi connectivity index (χ4n) is 2.74. The Balaban J connectivity index is 2.40. The number of hydrogen-bond acceptors (Lipinski definition) is 7. The van der Waals surface area contributed by atoms with Crippen molar-refractivity contribution in [1.82, 2.24) is 9.78 Å². The zero-order chi connectivity index (χ0) is 21.0. The number of methoxy groups -OCH3 is 1. The summed E-state index contributed by atoms with van der Waals surface area (Å²) in [4.78, 5) is 24.5. The van der Waals surface area contributed by atoms with E-state index >= 15 is 0 Å². The lowest BCUT2D eigenvalue weighted by molar-refractivity contribution is 0.0511. The Bertz CT molecular complexity index is 1140. The molecule has 0 N–H and O–H groups in total. The van der Waals surface area contributed by atoms with Gasteiger partial charge in [-0.15, -0.1) is 0 Å². The fraction of sp³-hybridized carbons (Fsp3) is 0.150. The molecule has 150 valence electrons. The molecule has 0 radical (unpaired) electrons. The van der Waals surface area contributed by atoms with Gasteiger partial charge in [-0.05, 0) is 31.2 Å². The van der Waals surface area contributed by atoms with Gasteiger partial charge in [0, 0.05) is 0 Å². The van der Waals surface area contributed by atoms with Gasteiger partial charge in [-0.25, -0.2) is 22.7 Å². The predicted octanol–water partition coefficient (Wildman–Crippen LogP) is 2.67. The van der Waals surface area contributed by atoms with Crippen LogP contribution in [-0.2, 0) is 19.3 Å². The number of para-hydroxylation sites is 1. The molecule has 0 unspecified atom stereocenters. The first kappa shape index (κ1) is 20.3. The number of benzene rings is 2. The maximum Gasteiger partial charge on any atom is 0.360 e. The minimum Gasteiger partial charge on any atom is -0.464 e. The molecule has 0 saturated heterocycles. The van der Waals surface area contributed by atoms with Gasteiger partial charge in [-0.3, -0.25) is 0 Å². The highest BCUT2D eigenvalue weighted by Gasteiger charge is 2.38. The van der Waals surface area contributed by atoms with Crippen LogP contribution in [-0.4, -0.2) is 43.9 Å². The van der Waals surface area contributed by atoms with Gasteiger partial charge in [-0.2, -0.15) is 5.10 Å². The molecule has 29 heavy (non-hydrogen) atoms. The largest absolute Gasteiger partial charge is 0.464 e. The Kier molecular flexibility index (Phi) is 5.79. The molecule has 8 nitrogen and oxygen atoms in total. The van der Waals surface area contributed by atoms with E-state index in [0.717, 1.165) is 11.8 Å². The van der Waals surface area contributed by atoms with Gasteiger partial charge in [-0.1, -0.05) is 36.4 Å². The van der Waals surface area contributed by atoms with E-state index in [1.54, 1.807) is 43.3 Å². The molecule has 0 saturated carbocycles. The molecule has 0 spiro atoms. The summed E-state index contributed by atoms with van der Waals surface area (Å²) in [5.74, 6) is -1.91. The van der Waals surface area contributed by atoms with Crippen molar-refractivity contribution >= 4 is 21.8 Å². The predicted molar refractivity (Wildman–Crippen MR) is 103 cm³/mol. The van der Waals surface area contributed by atoms with Crippen LogP contribution in [0.2, 0.25) is 0 Å². The third-order valence-electron chi connectivity index (χ3n) is 4.01. The first-order chi connectivity index (χ1) is 13.9. The SMILES string of the molecule is CCOC(=O)c1c(S(=O)(=O)c2ccccc2)c(C(=O)OC)nn1-c1ccccc1. The number of carbonyl (C=O) groups excluding carboxylic acids is 2. The van der Waals surface area contributed by atoms with Gasteiger partial charge < -0.3 is 9.47 Å². The van der Waals surface area contributed by atoms with Gasteiger partial charge in [0.15, 0.2) is 11.4 Å². The van der Waals surface area contributed by atoms with Crippen LogP contribution in [0.5, 0.6) is 0 Å². The molecule has 9 heteroatoms. The van der Waals surface area contributed by atoms with Crippen LogP contribution in [0.1, 0.15) is 27.9 Å². The van der Waals surface area contributed by atoms with Crippen LogP contribution >= 0.6 is 0 Å². The van der Waals surface area contributed by atoms with Gasteiger partial charge in [0.2, 0.25) is 9.84 Å². The smallest absolute Gasteiger partial charge is 0.360 e. The number of aromatic nitrogens is 2. The third kappa shape index (κ3) is 3.77. The van der Waals surface area contributed by atoms with E-state index < -0.39 is 32.4 Å². The van der Waals surface area contributed by atoms with Crippen LogP contribution in [0.25, 0.3) is 5.69 Å². The Morgan fingerprint density at radius 1 is 0.966 bits per heavy atom. The van der Waals surface area contributed by atoms with E-state index in [9.17, 15) is 18.0 Å². The lowest BCUT2D eigenvalue weighted by Gasteiger charge is -2.09. The van der Waals surface area contributed by atoms with Crippen molar-refractivity contribution in [2.45, 2.75) is 16.7 Å². The summed E-state index contributed by atoms with van der Waals surface area (Å²) in [5.41, 5.74) is -0.485. The van der Waals surface area contributed by atoms with Crippen LogP contribution in [0, 0.1) is 0 Å². The molecule has 3 rings (SSSR count). The third-order valence-corrected chi connectivity index (χ3v) is 5.83. The van der Waals surface area contributed by atoms with Gasteiger partial charge in [0.1, 0.15) is 4.90 Å². The molecule has 1 heterocycles. The molecule has 0 aliphatic rings. The fourth-order valence-corrected chi connectivity index (χ4v) is 4.29. The van der Waals surface area contributed by atoms with Crippen LogP contribution in [0.15, 0.2) is 70.5 Å². The van der Waals surface area contributed by atoms with Crippen LogP contribution in [0.3, 0.4) is 0 Å². The van der Waals surface area contributed by atoms with Crippen molar-refractivity contribution in [3.63, 3.8) is 0 Å². The molecule has 1 aromatic heterocycles. The van der Waals surface area contributed by atoms with Gasteiger partial charge in [0.25, 0.3) is 0 Å². The molecule has 3 aromatic rings. The lowest BCUT2D eigenvalue weighted by atomic mass is 10.3. The molecular weight excluding hydrogens is 396 g/mol. The maximum atomic E-state index is 13.4. The molecule has 0 fully saturated rings. The molecule has 0 bridgehead atoms. The second kappa shape index (κ2) is 8.27. The maximum absolute atomic E-state index is 13.4. The average molecular weight is 414 g/mol. The Labute approximate surface area is 167 Å². The van der Waals surface area contributed by atoms with E-state index in [1.165, 1.54) is 24.3 Å². The van der Waals surface area contributed by atoms with Crippen molar-refractivity contribution in [3.05, 3.63) is 72.1 Å². The van der Waals surface area contributed by atoms with Crippen molar-refractivity contribution < 1.29 is 27.5 Å². The van der Waals surface area contributed by atoms with E-state index in [1.807, 2.05) is 0 Å². The number of carbonyl (C=O) groups is 2. The van der Waals surface area contributed by atoms with Gasteiger partial charge in [0.05, 0.1) is 24.3 Å². The summed E-state index contributed by atoms with van der Waals surface area (Å²) in [7, 11) is -3.19. The van der Waals surface area contributed by atoms with E-state index in [4.69, 9.17) is 9.47 Å².